The molecule has 0 aromatic heterocycles. The van der Waals surface area contributed by atoms with E-state index >= 15 is 0 Å². The Bertz CT molecular complexity index is 255. The van der Waals surface area contributed by atoms with Gasteiger partial charge in [0, 0.05) is 18.4 Å². The second-order valence-electron chi connectivity index (χ2n) is 4.45. The Hall–Kier alpha value is -0.570. The summed E-state index contributed by atoms with van der Waals surface area (Å²) < 4.78 is 0. The van der Waals surface area contributed by atoms with Crippen LogP contribution in [0.5, 0.6) is 0 Å². The fourth-order valence-corrected chi connectivity index (χ4v) is 2.50. The fraction of sp³-hybridized carbons (Fsp3) is 0.833. The van der Waals surface area contributed by atoms with Crippen molar-refractivity contribution in [3.63, 3.8) is 0 Å². The molecule has 0 heterocycles. The zero-order valence-electron chi connectivity index (χ0n) is 9.80. The summed E-state index contributed by atoms with van der Waals surface area (Å²) in [5.41, 5.74) is 0. The standard InChI is InChI=1S/C12H20ClNO2/c1-2-3-8-14-12(16)10-7-5-4-6-9(10)11(13)15/h9-10H,2-8H2,1H3,(H,14,16). The highest BCUT2D eigenvalue weighted by Crippen LogP contribution is 2.31. The van der Waals surface area contributed by atoms with Gasteiger partial charge in [-0.1, -0.05) is 26.2 Å². The molecule has 0 bridgehead atoms. The van der Waals surface area contributed by atoms with Crippen LogP contribution in [0.2, 0.25) is 0 Å². The molecule has 16 heavy (non-hydrogen) atoms. The average molecular weight is 246 g/mol. The number of carbonyl (C=O) groups excluding carboxylic acids is 2. The quantitative estimate of drug-likeness (QED) is 0.598. The van der Waals surface area contributed by atoms with E-state index in [1.807, 2.05) is 0 Å². The van der Waals surface area contributed by atoms with E-state index < -0.39 is 0 Å². The van der Waals surface area contributed by atoms with Gasteiger partial charge < -0.3 is 5.32 Å². The molecule has 1 rings (SSSR count). The van der Waals surface area contributed by atoms with Crippen molar-refractivity contribution in [3.05, 3.63) is 0 Å². The molecule has 1 saturated carbocycles. The van der Waals surface area contributed by atoms with Gasteiger partial charge in [-0.2, -0.15) is 0 Å². The molecule has 92 valence electrons. The van der Waals surface area contributed by atoms with E-state index in [2.05, 4.69) is 12.2 Å². The van der Waals surface area contributed by atoms with Gasteiger partial charge >= 0.3 is 0 Å². The lowest BCUT2D eigenvalue weighted by Gasteiger charge is -2.27. The predicted octanol–water partition coefficient (Wildman–Crippen LogP) is 2.47. The highest BCUT2D eigenvalue weighted by atomic mass is 35.5. The van der Waals surface area contributed by atoms with Crippen molar-refractivity contribution in [2.24, 2.45) is 11.8 Å². The maximum atomic E-state index is 11.9. The zero-order chi connectivity index (χ0) is 12.0. The van der Waals surface area contributed by atoms with Crippen LogP contribution in [0.3, 0.4) is 0 Å². The van der Waals surface area contributed by atoms with Crippen LogP contribution in [0.25, 0.3) is 0 Å². The van der Waals surface area contributed by atoms with Crippen molar-refractivity contribution in [1.82, 2.24) is 5.32 Å². The molecule has 0 aromatic rings. The summed E-state index contributed by atoms with van der Waals surface area (Å²) in [5.74, 6) is -0.459. The highest BCUT2D eigenvalue weighted by molar-refractivity contribution is 6.64. The monoisotopic (exact) mass is 245 g/mol. The minimum atomic E-state index is -0.352. The van der Waals surface area contributed by atoms with Crippen molar-refractivity contribution in [2.45, 2.75) is 45.4 Å². The van der Waals surface area contributed by atoms with Gasteiger partial charge in [-0.15, -0.1) is 0 Å². The van der Waals surface area contributed by atoms with Gasteiger partial charge in [-0.3, -0.25) is 9.59 Å². The van der Waals surface area contributed by atoms with Gasteiger partial charge in [-0.25, -0.2) is 0 Å². The fourth-order valence-electron chi connectivity index (χ4n) is 2.24. The lowest BCUT2D eigenvalue weighted by Crippen LogP contribution is -2.39. The van der Waals surface area contributed by atoms with E-state index in [0.29, 0.717) is 6.54 Å². The first-order valence-electron chi connectivity index (χ1n) is 6.14. The lowest BCUT2D eigenvalue weighted by molar-refractivity contribution is -0.132. The average Bonchev–Trinajstić information content (AvgIpc) is 2.29. The summed E-state index contributed by atoms with van der Waals surface area (Å²) in [5, 5.41) is 2.54. The first kappa shape index (κ1) is 13.5. The Kier molecular flexibility index (Phi) is 5.81. The number of halogens is 1. The van der Waals surface area contributed by atoms with Crippen molar-refractivity contribution in [1.29, 1.82) is 0 Å². The van der Waals surface area contributed by atoms with E-state index in [-0.39, 0.29) is 23.0 Å². The Labute approximate surface area is 102 Å². The smallest absolute Gasteiger partial charge is 0.225 e. The van der Waals surface area contributed by atoms with Crippen molar-refractivity contribution >= 4 is 22.8 Å². The van der Waals surface area contributed by atoms with Crippen LogP contribution in [-0.2, 0) is 9.59 Å². The Balaban J connectivity index is 2.47. The highest BCUT2D eigenvalue weighted by Gasteiger charge is 2.34. The number of rotatable bonds is 5. The summed E-state index contributed by atoms with van der Waals surface area (Å²) in [4.78, 5) is 23.1. The summed E-state index contributed by atoms with van der Waals surface area (Å²) >= 11 is 5.54. The molecular weight excluding hydrogens is 226 g/mol. The number of nitrogens with one attached hydrogen (secondary N) is 1. The van der Waals surface area contributed by atoms with Gasteiger partial charge in [-0.05, 0) is 30.9 Å². The maximum Gasteiger partial charge on any atom is 0.225 e. The first-order valence-corrected chi connectivity index (χ1v) is 6.51. The normalized spacial score (nSPS) is 25.1. The topological polar surface area (TPSA) is 46.2 Å². The van der Waals surface area contributed by atoms with E-state index in [9.17, 15) is 9.59 Å². The van der Waals surface area contributed by atoms with E-state index in [1.54, 1.807) is 0 Å². The van der Waals surface area contributed by atoms with Crippen LogP contribution in [0, 0.1) is 11.8 Å². The van der Waals surface area contributed by atoms with Gasteiger partial charge in [0.1, 0.15) is 0 Å². The molecule has 4 heteroatoms. The molecule has 3 nitrogen and oxygen atoms in total. The molecular formula is C12H20ClNO2. The number of hydrogen-bond donors (Lipinski definition) is 1. The summed E-state index contributed by atoms with van der Waals surface area (Å²) in [6, 6.07) is 0. The van der Waals surface area contributed by atoms with Crippen LogP contribution in [-0.4, -0.2) is 17.7 Å². The molecule has 0 radical (unpaired) electrons. The molecule has 0 aliphatic heterocycles. The molecule has 1 fully saturated rings. The van der Waals surface area contributed by atoms with E-state index in [1.165, 1.54) is 0 Å². The first-order chi connectivity index (χ1) is 7.66. The van der Waals surface area contributed by atoms with Gasteiger partial charge in [0.25, 0.3) is 0 Å². The molecule has 1 N–H and O–H groups in total. The molecule has 0 aromatic carbocycles. The summed E-state index contributed by atoms with van der Waals surface area (Å²) in [6.07, 6.45) is 5.62. The number of carbonyl (C=O) groups is 2. The second kappa shape index (κ2) is 6.89. The number of hydrogen-bond acceptors (Lipinski definition) is 2. The Morgan fingerprint density at radius 1 is 1.25 bits per heavy atom. The minimum absolute atomic E-state index is 0.00662. The molecule has 0 saturated heterocycles. The number of unbranched alkanes of at least 4 members (excludes halogenated alkanes) is 1. The molecule has 2 unspecified atom stereocenters. The molecule has 0 spiro atoms. The van der Waals surface area contributed by atoms with Crippen molar-refractivity contribution < 1.29 is 9.59 Å². The van der Waals surface area contributed by atoms with Crippen LogP contribution in [0.15, 0.2) is 0 Å². The van der Waals surface area contributed by atoms with Gasteiger partial charge in [0.2, 0.25) is 11.1 Å². The van der Waals surface area contributed by atoms with Gasteiger partial charge in [0.15, 0.2) is 0 Å². The molecule has 1 amide bonds. The third kappa shape index (κ3) is 3.78. The zero-order valence-corrected chi connectivity index (χ0v) is 10.6. The third-order valence-electron chi connectivity index (χ3n) is 3.22. The summed E-state index contributed by atoms with van der Waals surface area (Å²) in [7, 11) is 0. The van der Waals surface area contributed by atoms with Crippen LogP contribution >= 0.6 is 11.6 Å². The minimum Gasteiger partial charge on any atom is -0.356 e. The number of amides is 1. The molecule has 1 aliphatic carbocycles. The Morgan fingerprint density at radius 3 is 2.44 bits per heavy atom. The Morgan fingerprint density at radius 2 is 1.88 bits per heavy atom. The van der Waals surface area contributed by atoms with Crippen LogP contribution in [0.4, 0.5) is 0 Å². The third-order valence-corrected chi connectivity index (χ3v) is 3.50. The van der Waals surface area contributed by atoms with E-state index in [4.69, 9.17) is 11.6 Å². The second-order valence-corrected chi connectivity index (χ2v) is 4.82. The maximum absolute atomic E-state index is 11.9. The summed E-state index contributed by atoms with van der Waals surface area (Å²) in [6.45, 7) is 2.78. The SMILES string of the molecule is CCCCNC(=O)C1CCCCC1C(=O)Cl. The van der Waals surface area contributed by atoms with Crippen LogP contribution in [0.1, 0.15) is 45.4 Å². The van der Waals surface area contributed by atoms with Crippen LogP contribution < -0.4 is 5.32 Å². The van der Waals surface area contributed by atoms with Crippen molar-refractivity contribution in [3.8, 4) is 0 Å². The van der Waals surface area contributed by atoms with Gasteiger partial charge in [0.05, 0.1) is 0 Å². The van der Waals surface area contributed by atoms with Crippen molar-refractivity contribution in [2.75, 3.05) is 6.54 Å². The lowest BCUT2D eigenvalue weighted by atomic mass is 9.79. The molecule has 2 atom stereocenters. The molecule has 1 aliphatic rings. The predicted molar refractivity (Wildman–Crippen MR) is 64.2 cm³/mol. The largest absolute Gasteiger partial charge is 0.356 e. The van der Waals surface area contributed by atoms with E-state index in [0.717, 1.165) is 38.5 Å².